The minimum atomic E-state index is -3.46. The number of hydrogen-bond acceptors (Lipinski definition) is 4. The molecule has 0 saturated carbocycles. The quantitative estimate of drug-likeness (QED) is 0.730. The van der Waals surface area contributed by atoms with Gasteiger partial charge in [-0.1, -0.05) is 13.0 Å². The van der Waals surface area contributed by atoms with Crippen LogP contribution in [-0.2, 0) is 30.2 Å². The second kappa shape index (κ2) is 7.22. The van der Waals surface area contributed by atoms with Gasteiger partial charge in [-0.05, 0) is 30.5 Å². The van der Waals surface area contributed by atoms with Crippen molar-refractivity contribution >= 4 is 21.4 Å². The van der Waals surface area contributed by atoms with Gasteiger partial charge in [0.15, 0.2) is 0 Å². The summed E-state index contributed by atoms with van der Waals surface area (Å²) in [7, 11) is -1.60. The van der Waals surface area contributed by atoms with Gasteiger partial charge < -0.3 is 9.88 Å². The van der Waals surface area contributed by atoms with E-state index in [0.717, 1.165) is 23.5 Å². The Hall–Kier alpha value is -1.15. The molecule has 0 bridgehead atoms. The lowest BCUT2D eigenvalue weighted by Crippen LogP contribution is -2.22. The summed E-state index contributed by atoms with van der Waals surface area (Å²) in [4.78, 5) is 1.31. The van der Waals surface area contributed by atoms with E-state index in [1.807, 2.05) is 29.1 Å². The molecular formula is C14H21N3O2S2. The second-order valence-corrected chi connectivity index (χ2v) is 7.66. The van der Waals surface area contributed by atoms with Crippen molar-refractivity contribution in [3.63, 3.8) is 0 Å². The summed E-state index contributed by atoms with van der Waals surface area (Å²) >= 11 is 1.54. The summed E-state index contributed by atoms with van der Waals surface area (Å²) in [5.74, 6) is 0. The Kier molecular flexibility index (Phi) is 5.58. The summed E-state index contributed by atoms with van der Waals surface area (Å²) < 4.78 is 29.0. The van der Waals surface area contributed by atoms with Gasteiger partial charge in [0.2, 0.25) is 10.0 Å². The van der Waals surface area contributed by atoms with Crippen LogP contribution in [0, 0.1) is 0 Å². The highest BCUT2D eigenvalue weighted by atomic mass is 32.2. The molecule has 0 unspecified atom stereocenters. The maximum atomic E-state index is 12.3. The highest BCUT2D eigenvalue weighted by Crippen LogP contribution is 2.15. The molecule has 2 aromatic rings. The zero-order valence-corrected chi connectivity index (χ0v) is 13.9. The van der Waals surface area contributed by atoms with Crippen molar-refractivity contribution in [3.05, 3.63) is 40.3 Å². The standard InChI is InChI=1S/C14H21N3O2S2/c1-3-6-15-9-12-8-14(11-17(12)2)21(18,19)16-10-13-5-4-7-20-13/h4-5,7-8,11,15-16H,3,6,9-10H2,1-2H3. The number of nitrogens with zero attached hydrogens (tertiary/aromatic N) is 1. The highest BCUT2D eigenvalue weighted by Gasteiger charge is 2.17. The first-order chi connectivity index (χ1) is 10.0. The molecule has 2 heterocycles. The fourth-order valence-electron chi connectivity index (χ4n) is 1.96. The van der Waals surface area contributed by atoms with Gasteiger partial charge in [-0.3, -0.25) is 0 Å². The van der Waals surface area contributed by atoms with E-state index in [4.69, 9.17) is 0 Å². The van der Waals surface area contributed by atoms with Crippen LogP contribution < -0.4 is 10.0 Å². The zero-order valence-electron chi connectivity index (χ0n) is 12.3. The van der Waals surface area contributed by atoms with Gasteiger partial charge in [-0.15, -0.1) is 11.3 Å². The number of rotatable bonds is 8. The first-order valence-corrected chi connectivity index (χ1v) is 9.27. The molecule has 0 aliphatic heterocycles. The Morgan fingerprint density at radius 2 is 2.14 bits per heavy atom. The van der Waals surface area contributed by atoms with Crippen molar-refractivity contribution in [2.45, 2.75) is 31.3 Å². The van der Waals surface area contributed by atoms with Gasteiger partial charge in [-0.2, -0.15) is 0 Å². The third kappa shape index (κ3) is 4.41. The van der Waals surface area contributed by atoms with Gasteiger partial charge in [0, 0.05) is 36.9 Å². The van der Waals surface area contributed by atoms with Gasteiger partial charge in [0.05, 0.1) is 4.90 Å². The first kappa shape index (κ1) is 16.2. The highest BCUT2D eigenvalue weighted by molar-refractivity contribution is 7.89. The number of thiophene rings is 1. The normalized spacial score (nSPS) is 11.9. The number of nitrogens with one attached hydrogen (secondary N) is 2. The molecule has 0 saturated heterocycles. The van der Waals surface area contributed by atoms with Crippen LogP contribution in [0.1, 0.15) is 23.9 Å². The summed E-state index contributed by atoms with van der Waals surface area (Å²) in [6, 6.07) is 5.55. The Balaban J connectivity index is 2.04. The van der Waals surface area contributed by atoms with E-state index in [2.05, 4.69) is 17.0 Å². The van der Waals surface area contributed by atoms with Crippen molar-refractivity contribution in [2.75, 3.05) is 6.54 Å². The molecule has 0 amide bonds. The molecule has 2 aromatic heterocycles. The molecule has 0 aliphatic rings. The van der Waals surface area contributed by atoms with Gasteiger partial charge in [-0.25, -0.2) is 13.1 Å². The molecule has 2 rings (SSSR count). The Morgan fingerprint density at radius 3 is 2.81 bits per heavy atom. The average Bonchev–Trinajstić information content (AvgIpc) is 3.07. The predicted molar refractivity (Wildman–Crippen MR) is 85.8 cm³/mol. The van der Waals surface area contributed by atoms with Gasteiger partial charge in [0.1, 0.15) is 0 Å². The van der Waals surface area contributed by atoms with Crippen molar-refractivity contribution in [1.29, 1.82) is 0 Å². The van der Waals surface area contributed by atoms with E-state index >= 15 is 0 Å². The fourth-order valence-corrected chi connectivity index (χ4v) is 3.79. The molecule has 0 atom stereocenters. The molecule has 0 aliphatic carbocycles. The van der Waals surface area contributed by atoms with Crippen LogP contribution in [0.5, 0.6) is 0 Å². The summed E-state index contributed by atoms with van der Waals surface area (Å²) in [5.41, 5.74) is 0.958. The molecule has 0 aromatic carbocycles. The number of hydrogen-bond donors (Lipinski definition) is 2. The molecule has 2 N–H and O–H groups in total. The van der Waals surface area contributed by atoms with Crippen LogP contribution in [0.15, 0.2) is 34.7 Å². The topological polar surface area (TPSA) is 63.1 Å². The lowest BCUT2D eigenvalue weighted by molar-refractivity contribution is 0.581. The van der Waals surface area contributed by atoms with Crippen molar-refractivity contribution in [2.24, 2.45) is 7.05 Å². The largest absolute Gasteiger partial charge is 0.352 e. The van der Waals surface area contributed by atoms with Gasteiger partial charge >= 0.3 is 0 Å². The Labute approximate surface area is 130 Å². The Bertz CT molecular complexity index is 660. The molecule has 7 heteroatoms. The molecule has 116 valence electrons. The predicted octanol–water partition coefficient (Wildman–Crippen LogP) is 2.06. The van der Waals surface area contributed by atoms with Crippen molar-refractivity contribution in [1.82, 2.24) is 14.6 Å². The van der Waals surface area contributed by atoms with Crippen LogP contribution in [0.25, 0.3) is 0 Å². The van der Waals surface area contributed by atoms with E-state index < -0.39 is 10.0 Å². The molecule has 0 spiro atoms. The minimum absolute atomic E-state index is 0.315. The van der Waals surface area contributed by atoms with E-state index in [1.54, 1.807) is 12.3 Å². The SMILES string of the molecule is CCCNCc1cc(S(=O)(=O)NCc2cccs2)cn1C. The van der Waals surface area contributed by atoms with Gasteiger partial charge in [0.25, 0.3) is 0 Å². The fraction of sp³-hybridized carbons (Fsp3) is 0.429. The summed E-state index contributed by atoms with van der Waals surface area (Å²) in [6.45, 7) is 4.02. The van der Waals surface area contributed by atoms with Crippen LogP contribution in [0.2, 0.25) is 0 Å². The van der Waals surface area contributed by atoms with E-state index in [9.17, 15) is 8.42 Å². The maximum absolute atomic E-state index is 12.3. The van der Waals surface area contributed by atoms with Crippen molar-refractivity contribution in [3.8, 4) is 0 Å². The van der Waals surface area contributed by atoms with E-state index in [-0.39, 0.29) is 0 Å². The number of aromatic nitrogens is 1. The summed E-state index contributed by atoms with van der Waals surface area (Å²) in [6.07, 6.45) is 2.71. The van der Waals surface area contributed by atoms with Crippen molar-refractivity contribution < 1.29 is 8.42 Å². The second-order valence-electron chi connectivity index (χ2n) is 4.86. The molecule has 5 nitrogen and oxygen atoms in total. The minimum Gasteiger partial charge on any atom is -0.352 e. The molecule has 0 fully saturated rings. The van der Waals surface area contributed by atoms with Crippen LogP contribution >= 0.6 is 11.3 Å². The van der Waals surface area contributed by atoms with Crippen LogP contribution in [0.4, 0.5) is 0 Å². The Morgan fingerprint density at radius 1 is 1.33 bits per heavy atom. The smallest absolute Gasteiger partial charge is 0.242 e. The first-order valence-electron chi connectivity index (χ1n) is 6.91. The number of aryl methyl sites for hydroxylation is 1. The lowest BCUT2D eigenvalue weighted by Gasteiger charge is -2.03. The molecule has 21 heavy (non-hydrogen) atoms. The maximum Gasteiger partial charge on any atom is 0.242 e. The van der Waals surface area contributed by atoms with E-state index in [0.29, 0.717) is 18.0 Å². The van der Waals surface area contributed by atoms with E-state index in [1.165, 1.54) is 11.3 Å². The third-order valence-corrected chi connectivity index (χ3v) is 5.39. The summed E-state index contributed by atoms with van der Waals surface area (Å²) in [5, 5.41) is 5.21. The average molecular weight is 327 g/mol. The number of sulfonamides is 1. The molecule has 0 radical (unpaired) electrons. The lowest BCUT2D eigenvalue weighted by atomic mass is 10.4. The third-order valence-electron chi connectivity index (χ3n) is 3.14. The van der Waals surface area contributed by atoms with Crippen LogP contribution in [0.3, 0.4) is 0 Å². The monoisotopic (exact) mass is 327 g/mol. The molecular weight excluding hydrogens is 306 g/mol. The van der Waals surface area contributed by atoms with Crippen LogP contribution in [-0.4, -0.2) is 19.5 Å². The zero-order chi connectivity index (χ0) is 15.3.